The molecule has 0 radical (unpaired) electrons. The zero-order valence-corrected chi connectivity index (χ0v) is 18.4. The van der Waals surface area contributed by atoms with Crippen molar-refractivity contribution in [2.24, 2.45) is 7.05 Å². The van der Waals surface area contributed by atoms with Gasteiger partial charge in [-0.3, -0.25) is 4.79 Å². The molecule has 1 saturated heterocycles. The zero-order chi connectivity index (χ0) is 21.4. The van der Waals surface area contributed by atoms with Crippen LogP contribution < -0.4 is 10.5 Å². The molecule has 0 saturated carbocycles. The van der Waals surface area contributed by atoms with Crippen LogP contribution in [-0.4, -0.2) is 53.6 Å². The highest BCUT2D eigenvalue weighted by Crippen LogP contribution is 2.32. The molecule has 2 unspecified atom stereocenters. The first-order valence-corrected chi connectivity index (χ1v) is 10.4. The first kappa shape index (κ1) is 20.6. The molecule has 7 heteroatoms. The van der Waals surface area contributed by atoms with Crippen LogP contribution in [0.25, 0.3) is 22.4 Å². The molecule has 1 aliphatic heterocycles. The van der Waals surface area contributed by atoms with E-state index in [0.29, 0.717) is 18.2 Å². The van der Waals surface area contributed by atoms with Crippen molar-refractivity contribution >= 4 is 16.7 Å². The molecule has 160 valence electrons. The molecule has 0 spiro atoms. The standard InChI is InChI=1S/C23H30N4O3/c1-15-10-18(12-25(4)23(15)28)22-24-20-7-6-19(26-8-9-30-14-16(26)2)11-21(20)27(22)17(3)13-29-5/h6-7,10-12,16-17H,8-9,13-14H2,1-5H3. The molecule has 3 heterocycles. The molecule has 3 aromatic rings. The van der Waals surface area contributed by atoms with Crippen molar-refractivity contribution in [1.29, 1.82) is 0 Å². The first-order valence-electron chi connectivity index (χ1n) is 10.4. The summed E-state index contributed by atoms with van der Waals surface area (Å²) in [6, 6.07) is 8.78. The molecule has 4 rings (SSSR count). The summed E-state index contributed by atoms with van der Waals surface area (Å²) >= 11 is 0. The average Bonchev–Trinajstić information content (AvgIpc) is 3.11. The van der Waals surface area contributed by atoms with Crippen molar-refractivity contribution in [3.05, 3.63) is 46.4 Å². The normalized spacial score (nSPS) is 18.2. The summed E-state index contributed by atoms with van der Waals surface area (Å²) in [6.45, 7) is 9.09. The fraction of sp³-hybridized carbons (Fsp3) is 0.478. The van der Waals surface area contributed by atoms with E-state index in [1.807, 2.05) is 19.2 Å². The monoisotopic (exact) mass is 410 g/mol. The number of anilines is 1. The Morgan fingerprint density at radius 3 is 2.83 bits per heavy atom. The second-order valence-corrected chi connectivity index (χ2v) is 8.23. The van der Waals surface area contributed by atoms with Gasteiger partial charge in [-0.2, -0.15) is 0 Å². The smallest absolute Gasteiger partial charge is 0.253 e. The Morgan fingerprint density at radius 1 is 1.33 bits per heavy atom. The van der Waals surface area contributed by atoms with Gasteiger partial charge in [0.1, 0.15) is 5.82 Å². The molecule has 7 nitrogen and oxygen atoms in total. The highest BCUT2D eigenvalue weighted by Gasteiger charge is 2.22. The predicted molar refractivity (Wildman–Crippen MR) is 119 cm³/mol. The van der Waals surface area contributed by atoms with Gasteiger partial charge in [-0.15, -0.1) is 0 Å². The molecule has 1 aromatic carbocycles. The van der Waals surface area contributed by atoms with Crippen LogP contribution in [0, 0.1) is 6.92 Å². The maximum Gasteiger partial charge on any atom is 0.253 e. The molecule has 1 aliphatic rings. The third-order valence-electron chi connectivity index (χ3n) is 5.84. The van der Waals surface area contributed by atoms with E-state index >= 15 is 0 Å². The lowest BCUT2D eigenvalue weighted by Gasteiger charge is -2.35. The Bertz CT molecular complexity index is 1090. The Balaban J connectivity index is 1.90. The van der Waals surface area contributed by atoms with Crippen molar-refractivity contribution in [1.82, 2.24) is 14.1 Å². The highest BCUT2D eigenvalue weighted by molar-refractivity contribution is 5.84. The molecule has 2 atom stereocenters. The Morgan fingerprint density at radius 2 is 2.13 bits per heavy atom. The number of imidazole rings is 1. The van der Waals surface area contributed by atoms with E-state index in [4.69, 9.17) is 14.5 Å². The van der Waals surface area contributed by atoms with Crippen LogP contribution in [0.1, 0.15) is 25.5 Å². The second kappa shape index (κ2) is 8.24. The van der Waals surface area contributed by atoms with Gasteiger partial charge >= 0.3 is 0 Å². The van der Waals surface area contributed by atoms with E-state index < -0.39 is 0 Å². The summed E-state index contributed by atoms with van der Waals surface area (Å²) in [5.41, 5.74) is 4.81. The van der Waals surface area contributed by atoms with Crippen molar-refractivity contribution in [3.8, 4) is 11.4 Å². The molecule has 0 bridgehead atoms. The van der Waals surface area contributed by atoms with Gasteiger partial charge in [0, 0.05) is 49.8 Å². The molecule has 0 N–H and O–H groups in total. The maximum atomic E-state index is 12.2. The average molecular weight is 411 g/mol. The number of pyridine rings is 1. The number of ether oxygens (including phenoxy) is 2. The van der Waals surface area contributed by atoms with Crippen molar-refractivity contribution < 1.29 is 9.47 Å². The van der Waals surface area contributed by atoms with Crippen LogP contribution in [0.5, 0.6) is 0 Å². The summed E-state index contributed by atoms with van der Waals surface area (Å²) in [6.07, 6.45) is 1.86. The summed E-state index contributed by atoms with van der Waals surface area (Å²) in [5.74, 6) is 0.848. The first-order chi connectivity index (χ1) is 14.4. The van der Waals surface area contributed by atoms with Crippen LogP contribution >= 0.6 is 0 Å². The lowest BCUT2D eigenvalue weighted by atomic mass is 10.1. The Labute approximate surface area is 176 Å². The van der Waals surface area contributed by atoms with Gasteiger partial charge in [0.15, 0.2) is 0 Å². The molecule has 30 heavy (non-hydrogen) atoms. The van der Waals surface area contributed by atoms with E-state index in [1.54, 1.807) is 18.7 Å². The highest BCUT2D eigenvalue weighted by atomic mass is 16.5. The second-order valence-electron chi connectivity index (χ2n) is 8.23. The fourth-order valence-electron chi connectivity index (χ4n) is 4.34. The number of aromatic nitrogens is 3. The number of fused-ring (bicyclic) bond motifs is 1. The molecule has 2 aromatic heterocycles. The van der Waals surface area contributed by atoms with E-state index in [-0.39, 0.29) is 11.6 Å². The van der Waals surface area contributed by atoms with Crippen LogP contribution in [-0.2, 0) is 16.5 Å². The van der Waals surface area contributed by atoms with Gasteiger partial charge in [0.2, 0.25) is 0 Å². The summed E-state index contributed by atoms with van der Waals surface area (Å²) in [7, 11) is 3.49. The summed E-state index contributed by atoms with van der Waals surface area (Å²) < 4.78 is 14.9. The van der Waals surface area contributed by atoms with Crippen molar-refractivity contribution in [2.75, 3.05) is 38.4 Å². The summed E-state index contributed by atoms with van der Waals surface area (Å²) in [4.78, 5) is 19.5. The van der Waals surface area contributed by atoms with Crippen molar-refractivity contribution in [3.63, 3.8) is 0 Å². The minimum atomic E-state index is 0.00921. The molecule has 0 aliphatic carbocycles. The number of morpholine rings is 1. The predicted octanol–water partition coefficient (Wildman–Crippen LogP) is 3.14. The van der Waals surface area contributed by atoms with Crippen LogP contribution in [0.2, 0.25) is 0 Å². The maximum absolute atomic E-state index is 12.2. The third kappa shape index (κ3) is 3.63. The minimum Gasteiger partial charge on any atom is -0.383 e. The number of hydrogen-bond acceptors (Lipinski definition) is 5. The van der Waals surface area contributed by atoms with E-state index in [1.165, 1.54) is 5.69 Å². The van der Waals surface area contributed by atoms with Crippen LogP contribution in [0.3, 0.4) is 0 Å². The molecule has 1 fully saturated rings. The van der Waals surface area contributed by atoms with E-state index in [9.17, 15) is 4.79 Å². The Kier molecular flexibility index (Phi) is 5.66. The molecular weight excluding hydrogens is 380 g/mol. The number of aryl methyl sites for hydroxylation is 2. The fourth-order valence-corrected chi connectivity index (χ4v) is 4.34. The van der Waals surface area contributed by atoms with E-state index in [0.717, 1.165) is 42.2 Å². The number of methoxy groups -OCH3 is 1. The van der Waals surface area contributed by atoms with E-state index in [2.05, 4.69) is 41.5 Å². The topological polar surface area (TPSA) is 61.5 Å². The van der Waals surface area contributed by atoms with Gasteiger partial charge in [-0.25, -0.2) is 4.98 Å². The van der Waals surface area contributed by atoms with Gasteiger partial charge in [0.05, 0.1) is 36.9 Å². The quantitative estimate of drug-likeness (QED) is 0.647. The van der Waals surface area contributed by atoms with Crippen LogP contribution in [0.4, 0.5) is 5.69 Å². The van der Waals surface area contributed by atoms with Crippen LogP contribution in [0.15, 0.2) is 35.3 Å². The van der Waals surface area contributed by atoms with Crippen molar-refractivity contribution in [2.45, 2.75) is 32.9 Å². The lowest BCUT2D eigenvalue weighted by Crippen LogP contribution is -2.43. The van der Waals surface area contributed by atoms with Gasteiger partial charge in [-0.05, 0) is 45.0 Å². The minimum absolute atomic E-state index is 0.00921. The lowest BCUT2D eigenvalue weighted by molar-refractivity contribution is 0.0989. The number of benzene rings is 1. The summed E-state index contributed by atoms with van der Waals surface area (Å²) in [5, 5.41) is 0. The van der Waals surface area contributed by atoms with Gasteiger partial charge < -0.3 is 23.5 Å². The number of nitrogens with zero attached hydrogens (tertiary/aromatic N) is 4. The SMILES string of the molecule is COCC(C)n1c(-c2cc(C)c(=O)n(C)c2)nc2ccc(N3CCOCC3C)cc21. The zero-order valence-electron chi connectivity index (χ0n) is 18.4. The molecular formula is C23H30N4O3. The Hall–Kier alpha value is -2.64. The van der Waals surface area contributed by atoms with Gasteiger partial charge in [-0.1, -0.05) is 0 Å². The number of hydrogen-bond donors (Lipinski definition) is 0. The third-order valence-corrected chi connectivity index (χ3v) is 5.84. The van der Waals surface area contributed by atoms with Gasteiger partial charge in [0.25, 0.3) is 5.56 Å². The largest absolute Gasteiger partial charge is 0.383 e. The number of rotatable bonds is 5. The molecule has 0 amide bonds.